The minimum atomic E-state index is -0.775. The number of methoxy groups -OCH3 is 3. The van der Waals surface area contributed by atoms with E-state index in [9.17, 15) is 28.8 Å². The van der Waals surface area contributed by atoms with Crippen LogP contribution in [0, 0.1) is 0 Å². The molecular formula is C69H68N6O15. The molecule has 15 rings (SSSR count). The summed E-state index contributed by atoms with van der Waals surface area (Å²) < 4.78 is 47.1. The third-order valence-electron chi connectivity index (χ3n) is 16.7. The predicted molar refractivity (Wildman–Crippen MR) is 336 cm³/mol. The number of fused-ring (bicyclic) bond motifs is 12. The first-order valence-corrected chi connectivity index (χ1v) is 28.8. The van der Waals surface area contributed by atoms with Crippen molar-refractivity contribution in [2.75, 3.05) is 41.7 Å². The van der Waals surface area contributed by atoms with Crippen LogP contribution in [0.2, 0.25) is 0 Å². The summed E-state index contributed by atoms with van der Waals surface area (Å²) in [6.45, 7) is 11.8. The summed E-state index contributed by atoms with van der Waals surface area (Å²) in [4.78, 5) is 90.2. The Morgan fingerprint density at radius 2 is 0.800 bits per heavy atom. The molecule has 90 heavy (non-hydrogen) atoms. The number of hydrogen-bond donors (Lipinski definition) is 3. The second kappa shape index (κ2) is 25.2. The molecule has 6 aromatic carbocycles. The van der Waals surface area contributed by atoms with Crippen LogP contribution in [0.1, 0.15) is 61.3 Å². The lowest BCUT2D eigenvalue weighted by molar-refractivity contribution is -0.153. The molecule has 6 aliphatic heterocycles. The van der Waals surface area contributed by atoms with Crippen molar-refractivity contribution in [3.63, 3.8) is 0 Å². The highest BCUT2D eigenvalue weighted by Gasteiger charge is 2.46. The third kappa shape index (κ3) is 10.9. The zero-order valence-corrected chi connectivity index (χ0v) is 49.4. The van der Waals surface area contributed by atoms with Crippen molar-refractivity contribution in [3.8, 4) is 34.5 Å². The van der Waals surface area contributed by atoms with Crippen molar-refractivity contribution in [2.45, 2.75) is 56.0 Å². The lowest BCUT2D eigenvalue weighted by atomic mass is 9.87. The van der Waals surface area contributed by atoms with E-state index in [-0.39, 0.29) is 35.6 Å². The monoisotopic (exact) mass is 1220 g/mol. The summed E-state index contributed by atoms with van der Waals surface area (Å²) in [6, 6.07) is 39.2. The quantitative estimate of drug-likeness (QED) is 0.0728. The largest absolute Gasteiger partial charge is 0.467 e. The number of para-hydroxylation sites is 5. The Morgan fingerprint density at radius 1 is 0.444 bits per heavy atom. The first-order chi connectivity index (χ1) is 43.9. The smallest absolute Gasteiger partial charge is 0.328 e. The van der Waals surface area contributed by atoms with Gasteiger partial charge in [0.15, 0.2) is 34.5 Å². The molecule has 464 valence electrons. The van der Waals surface area contributed by atoms with Crippen LogP contribution in [0.4, 0.5) is 0 Å². The number of esters is 3. The van der Waals surface area contributed by atoms with Crippen LogP contribution in [0.15, 0.2) is 171 Å². The Hall–Kier alpha value is -11.2. The Morgan fingerprint density at radius 3 is 1.22 bits per heavy atom. The second-order valence-electron chi connectivity index (χ2n) is 21.4. The molecular weight excluding hydrogens is 1150 g/mol. The van der Waals surface area contributed by atoms with Crippen molar-refractivity contribution in [1.82, 2.24) is 29.7 Å². The van der Waals surface area contributed by atoms with Gasteiger partial charge in [0, 0.05) is 73.3 Å². The molecule has 9 aromatic rings. The predicted octanol–water partition coefficient (Wildman–Crippen LogP) is 10.1. The Balaban J connectivity index is 0.000000153. The minimum absolute atomic E-state index is 0. The summed E-state index contributed by atoms with van der Waals surface area (Å²) >= 11 is 0. The highest BCUT2D eigenvalue weighted by molar-refractivity contribution is 5.97. The molecule has 3 N–H and O–H groups in total. The van der Waals surface area contributed by atoms with Crippen LogP contribution < -0.4 is 28.4 Å². The maximum atomic E-state index is 13.0. The topological polar surface area (TPSA) is 243 Å². The van der Waals surface area contributed by atoms with Gasteiger partial charge in [0.05, 0.1) is 40.0 Å². The van der Waals surface area contributed by atoms with Gasteiger partial charge in [-0.1, -0.05) is 98.6 Å². The van der Waals surface area contributed by atoms with Crippen LogP contribution in [0.25, 0.3) is 32.7 Å². The zero-order chi connectivity index (χ0) is 62.7. The summed E-state index contributed by atoms with van der Waals surface area (Å²) in [5, 5.41) is 3.14. The molecule has 3 amide bonds. The van der Waals surface area contributed by atoms with E-state index in [0.717, 1.165) is 89.1 Å². The van der Waals surface area contributed by atoms with Crippen LogP contribution in [-0.4, -0.2) is 125 Å². The minimum Gasteiger partial charge on any atom is -0.467 e. The standard InChI is InChI=1S/2C23H20N2O5.C16H16N2O3.C7H6O2.3H2/c2*1-3-20(26)25-17(23(27)28-2)11-15-14-6-4-5-7-16(14)24-21(15)22(25)13-8-9-18-19(10-13)30-12-29-18;1-3-15(19)18-9-13-11(8-14(18)16(20)21-2)10-6-4-5-7-12(10)17-13;1-2-4-7-6(3-1)8-5-9-7;;;/h2*3-10,17,22,24H,1,11-12H2,2H3;3-7,14,17H,1,8-9H2,2H3;1-4H,5H2;3*1H/t17-,22+;17-,22-;14-;;;;/m100..../s1. The van der Waals surface area contributed by atoms with E-state index >= 15 is 0 Å². The fourth-order valence-corrected chi connectivity index (χ4v) is 12.6. The zero-order valence-electron chi connectivity index (χ0n) is 49.4. The lowest BCUT2D eigenvalue weighted by Crippen LogP contribution is -2.51. The number of carbonyl (C=O) groups excluding carboxylic acids is 6. The van der Waals surface area contributed by atoms with Crippen LogP contribution in [-0.2, 0) is 68.8 Å². The van der Waals surface area contributed by atoms with E-state index in [1.165, 1.54) is 54.3 Å². The number of rotatable bonds is 8. The molecule has 9 heterocycles. The molecule has 0 unspecified atom stereocenters. The number of benzene rings is 6. The highest BCUT2D eigenvalue weighted by Crippen LogP contribution is 2.46. The van der Waals surface area contributed by atoms with E-state index in [1.54, 1.807) is 0 Å². The molecule has 0 saturated carbocycles. The van der Waals surface area contributed by atoms with E-state index in [4.69, 9.17) is 42.6 Å². The van der Waals surface area contributed by atoms with Gasteiger partial charge in [-0.25, -0.2) is 14.4 Å². The van der Waals surface area contributed by atoms with Gasteiger partial charge >= 0.3 is 17.9 Å². The Bertz CT molecular complexity index is 4140. The number of aromatic nitrogens is 3. The SMILES string of the molecule is C=CC(=O)N1Cc2[nH]c3ccccc3c2C[C@H]1C(=O)OC.C=CC(=O)N1[C@@H](c2ccc3c(c2)OCO3)c2[nH]c3ccccc3c2C[C@@H]1C(=O)OC.C=CC(=O)N1[C@@H](c2ccc3c(c2)OCO3)c2[nH]c3ccccc3c2C[C@H]1C(=O)OC.[HH].[HH].[HH].c1ccc2c(c1)OCO2. The number of hydrogen-bond acceptors (Lipinski definition) is 15. The molecule has 0 fully saturated rings. The molecule has 0 radical (unpaired) electrons. The van der Waals surface area contributed by atoms with Crippen molar-refractivity contribution < 1.29 is 75.7 Å². The molecule has 0 aliphatic carbocycles. The molecule has 0 saturated heterocycles. The van der Waals surface area contributed by atoms with Crippen LogP contribution in [0.5, 0.6) is 34.5 Å². The molecule has 3 aromatic heterocycles. The summed E-state index contributed by atoms with van der Waals surface area (Å²) in [5.74, 6) is 1.90. The van der Waals surface area contributed by atoms with E-state index < -0.39 is 48.1 Å². The average Bonchev–Trinajstić information content (AvgIpc) is 1.57. The molecule has 21 heteroatoms. The van der Waals surface area contributed by atoms with Gasteiger partial charge < -0.3 is 72.3 Å². The maximum Gasteiger partial charge on any atom is 0.328 e. The van der Waals surface area contributed by atoms with E-state index in [1.807, 2.05) is 133 Å². The summed E-state index contributed by atoms with van der Waals surface area (Å²) in [7, 11) is 4.00. The van der Waals surface area contributed by atoms with Crippen LogP contribution in [0.3, 0.4) is 0 Å². The Labute approximate surface area is 520 Å². The lowest BCUT2D eigenvalue weighted by Gasteiger charge is -2.40. The number of nitrogens with zero attached hydrogens (tertiary/aromatic N) is 3. The second-order valence-corrected chi connectivity index (χ2v) is 21.4. The van der Waals surface area contributed by atoms with E-state index in [2.05, 4.69) is 34.7 Å². The van der Waals surface area contributed by atoms with Crippen LogP contribution >= 0.6 is 0 Å². The number of aromatic amines is 3. The number of amides is 3. The molecule has 6 aliphatic rings. The number of carbonyl (C=O) groups is 6. The highest BCUT2D eigenvalue weighted by atomic mass is 16.7. The first kappa shape index (κ1) is 59.1. The normalized spacial score (nSPS) is 18.4. The van der Waals surface area contributed by atoms with Gasteiger partial charge in [0.2, 0.25) is 38.1 Å². The first-order valence-electron chi connectivity index (χ1n) is 28.8. The van der Waals surface area contributed by atoms with Crippen molar-refractivity contribution >= 4 is 68.3 Å². The van der Waals surface area contributed by atoms with Crippen molar-refractivity contribution in [2.24, 2.45) is 0 Å². The van der Waals surface area contributed by atoms with Crippen molar-refractivity contribution in [3.05, 3.63) is 216 Å². The molecule has 0 spiro atoms. The Kier molecular flexibility index (Phi) is 16.6. The number of ether oxygens (including phenoxy) is 9. The van der Waals surface area contributed by atoms with Gasteiger partial charge in [0.25, 0.3) is 0 Å². The maximum absolute atomic E-state index is 13.0. The summed E-state index contributed by atoms with van der Waals surface area (Å²) in [6.07, 6.45) is 4.83. The van der Waals surface area contributed by atoms with E-state index in [0.29, 0.717) is 55.6 Å². The summed E-state index contributed by atoms with van der Waals surface area (Å²) in [5.41, 5.74) is 10.3. The molecule has 0 bridgehead atoms. The fraction of sp³-hybridized carbons (Fsp3) is 0.217. The number of nitrogens with one attached hydrogen (secondary N) is 3. The number of H-pyrrole nitrogens is 3. The van der Waals surface area contributed by atoms with Gasteiger partial charge in [0.1, 0.15) is 18.1 Å². The van der Waals surface area contributed by atoms with Gasteiger partial charge in [-0.15, -0.1) is 0 Å². The third-order valence-corrected chi connectivity index (χ3v) is 16.7. The average molecular weight is 1220 g/mol. The molecule has 5 atom stereocenters. The van der Waals surface area contributed by atoms with Crippen molar-refractivity contribution in [1.29, 1.82) is 0 Å². The molecule has 21 nitrogen and oxygen atoms in total. The fourth-order valence-electron chi connectivity index (χ4n) is 12.6. The van der Waals surface area contributed by atoms with Gasteiger partial charge in [-0.2, -0.15) is 0 Å². The van der Waals surface area contributed by atoms with Gasteiger partial charge in [-0.3, -0.25) is 14.4 Å². The van der Waals surface area contributed by atoms with Gasteiger partial charge in [-0.05, 0) is 101 Å².